The monoisotopic (exact) mass is 258 g/mol. The van der Waals surface area contributed by atoms with Gasteiger partial charge in [0.15, 0.2) is 0 Å². The number of rotatable bonds is 1. The van der Waals surface area contributed by atoms with Crippen LogP contribution in [-0.4, -0.2) is 17.2 Å². The first kappa shape index (κ1) is 12.6. The standard InChI is InChI=1S/C12H15ClO4/c1-10(7(13)14)4-11(2)6-12(3,5-10)9(16)17-8(11)15/h4-6H2,1-3H3/t10-,11-,12?/m0/s1. The summed E-state index contributed by atoms with van der Waals surface area (Å²) in [6.07, 6.45) is 1.10. The molecular formula is C12H15ClO4. The van der Waals surface area contributed by atoms with E-state index in [2.05, 4.69) is 0 Å². The van der Waals surface area contributed by atoms with Crippen molar-refractivity contribution < 1.29 is 19.1 Å². The molecule has 1 aliphatic heterocycles. The Hall–Kier alpha value is -0.900. The van der Waals surface area contributed by atoms with E-state index in [1.807, 2.05) is 0 Å². The number of halogens is 1. The lowest BCUT2D eigenvalue weighted by molar-refractivity contribution is -0.196. The molecular weight excluding hydrogens is 244 g/mol. The van der Waals surface area contributed by atoms with Gasteiger partial charge in [0.1, 0.15) is 0 Å². The zero-order valence-electron chi connectivity index (χ0n) is 10.1. The zero-order valence-corrected chi connectivity index (χ0v) is 10.9. The highest BCUT2D eigenvalue weighted by atomic mass is 35.5. The van der Waals surface area contributed by atoms with Crippen LogP contribution in [0.5, 0.6) is 0 Å². The fraction of sp³-hybridized carbons (Fsp3) is 0.750. The molecule has 1 unspecified atom stereocenters. The average molecular weight is 259 g/mol. The Morgan fingerprint density at radius 3 is 1.82 bits per heavy atom. The summed E-state index contributed by atoms with van der Waals surface area (Å²) in [5, 5.41) is -0.489. The number of cyclic esters (lactones) is 2. The van der Waals surface area contributed by atoms with Crippen molar-refractivity contribution in [2.45, 2.75) is 40.0 Å². The van der Waals surface area contributed by atoms with Crippen molar-refractivity contribution in [3.63, 3.8) is 0 Å². The quantitative estimate of drug-likeness (QED) is 0.410. The molecule has 0 amide bonds. The van der Waals surface area contributed by atoms with E-state index in [-0.39, 0.29) is 0 Å². The van der Waals surface area contributed by atoms with Crippen LogP contribution >= 0.6 is 11.6 Å². The second kappa shape index (κ2) is 3.31. The van der Waals surface area contributed by atoms with Crippen molar-refractivity contribution in [3.05, 3.63) is 0 Å². The number of fused-ring (bicyclic) bond motifs is 2. The Morgan fingerprint density at radius 2 is 1.47 bits per heavy atom. The molecule has 1 saturated heterocycles. The van der Waals surface area contributed by atoms with Crippen LogP contribution in [0.3, 0.4) is 0 Å². The van der Waals surface area contributed by atoms with Crippen molar-refractivity contribution >= 4 is 28.8 Å². The highest BCUT2D eigenvalue weighted by molar-refractivity contribution is 6.64. The second-order valence-electron chi connectivity index (χ2n) is 6.16. The first-order valence-corrected chi connectivity index (χ1v) is 5.96. The predicted octanol–water partition coefficient (Wildman–Crippen LogP) is 2.04. The maximum absolute atomic E-state index is 11.8. The van der Waals surface area contributed by atoms with Crippen LogP contribution in [0.15, 0.2) is 0 Å². The molecule has 1 aliphatic carbocycles. The van der Waals surface area contributed by atoms with Crippen molar-refractivity contribution in [2.24, 2.45) is 16.2 Å². The van der Waals surface area contributed by atoms with Gasteiger partial charge in [-0.3, -0.25) is 14.4 Å². The molecule has 2 aliphatic rings. The molecule has 0 spiro atoms. The summed E-state index contributed by atoms with van der Waals surface area (Å²) in [5.74, 6) is -1.08. The largest absolute Gasteiger partial charge is 0.392 e. The molecule has 0 aromatic carbocycles. The summed E-state index contributed by atoms with van der Waals surface area (Å²) in [6.45, 7) is 5.18. The van der Waals surface area contributed by atoms with E-state index in [1.165, 1.54) is 0 Å². The van der Waals surface area contributed by atoms with Gasteiger partial charge >= 0.3 is 11.9 Å². The Labute approximate surface area is 105 Å². The number of hydrogen-bond acceptors (Lipinski definition) is 4. The van der Waals surface area contributed by atoms with Gasteiger partial charge in [0.05, 0.1) is 10.8 Å². The molecule has 1 saturated carbocycles. The van der Waals surface area contributed by atoms with Crippen LogP contribution in [0.25, 0.3) is 0 Å². The van der Waals surface area contributed by atoms with Gasteiger partial charge in [-0.2, -0.15) is 0 Å². The number of ether oxygens (including phenoxy) is 1. The van der Waals surface area contributed by atoms with Gasteiger partial charge in [-0.1, -0.05) is 6.92 Å². The Morgan fingerprint density at radius 1 is 1.06 bits per heavy atom. The van der Waals surface area contributed by atoms with E-state index in [9.17, 15) is 14.4 Å². The Kier molecular flexibility index (Phi) is 2.45. The van der Waals surface area contributed by atoms with E-state index >= 15 is 0 Å². The minimum absolute atomic E-state index is 0.337. The van der Waals surface area contributed by atoms with Crippen LogP contribution in [0.1, 0.15) is 40.0 Å². The van der Waals surface area contributed by atoms with E-state index < -0.39 is 33.4 Å². The molecule has 5 heteroatoms. The molecule has 2 fully saturated rings. The van der Waals surface area contributed by atoms with Crippen LogP contribution in [0, 0.1) is 16.2 Å². The van der Waals surface area contributed by atoms with Crippen molar-refractivity contribution in [1.29, 1.82) is 0 Å². The number of esters is 2. The fourth-order valence-electron chi connectivity index (χ4n) is 3.53. The summed E-state index contributed by atoms with van der Waals surface area (Å²) in [7, 11) is 0. The smallest absolute Gasteiger partial charge is 0.319 e. The van der Waals surface area contributed by atoms with Gasteiger partial charge in [-0.05, 0) is 44.7 Å². The van der Waals surface area contributed by atoms with Gasteiger partial charge < -0.3 is 4.74 Å². The number of carbonyl (C=O) groups excluding carboxylic acids is 3. The fourth-order valence-corrected chi connectivity index (χ4v) is 3.66. The topological polar surface area (TPSA) is 60.4 Å². The molecule has 3 atom stereocenters. The summed E-state index contributed by atoms with van der Waals surface area (Å²) >= 11 is 5.63. The van der Waals surface area contributed by atoms with Gasteiger partial charge in [0.2, 0.25) is 5.24 Å². The maximum Gasteiger partial charge on any atom is 0.319 e. The molecule has 0 N–H and O–H groups in total. The maximum atomic E-state index is 11.8. The molecule has 2 rings (SSSR count). The van der Waals surface area contributed by atoms with Crippen molar-refractivity contribution in [2.75, 3.05) is 0 Å². The molecule has 2 bridgehead atoms. The van der Waals surface area contributed by atoms with Gasteiger partial charge in [0.25, 0.3) is 0 Å². The normalized spacial score (nSPS) is 45.4. The third-order valence-electron chi connectivity index (χ3n) is 3.99. The van der Waals surface area contributed by atoms with E-state index in [0.717, 1.165) is 0 Å². The number of carbonyl (C=O) groups is 3. The third kappa shape index (κ3) is 1.69. The molecule has 4 nitrogen and oxygen atoms in total. The lowest BCUT2D eigenvalue weighted by Gasteiger charge is -2.51. The average Bonchev–Trinajstić information content (AvgIpc) is 2.13. The van der Waals surface area contributed by atoms with Crippen LogP contribution in [0.4, 0.5) is 0 Å². The molecule has 0 aromatic rings. The SMILES string of the molecule is CC12C[C@@](C)(C(=O)Cl)C[C@@](C)(C1)C(=O)OC2=O. The van der Waals surface area contributed by atoms with E-state index in [4.69, 9.17) is 16.3 Å². The van der Waals surface area contributed by atoms with Gasteiger partial charge in [0, 0.05) is 5.41 Å². The summed E-state index contributed by atoms with van der Waals surface area (Å²) in [4.78, 5) is 35.1. The zero-order chi connectivity index (χ0) is 13.1. The summed E-state index contributed by atoms with van der Waals surface area (Å²) in [5.41, 5.74) is -2.42. The van der Waals surface area contributed by atoms with Crippen LogP contribution < -0.4 is 0 Å². The highest BCUT2D eigenvalue weighted by Gasteiger charge is 2.62. The molecule has 0 aromatic heterocycles. The van der Waals surface area contributed by atoms with E-state index in [0.29, 0.717) is 19.3 Å². The van der Waals surface area contributed by atoms with Crippen molar-refractivity contribution in [1.82, 2.24) is 0 Å². The van der Waals surface area contributed by atoms with Gasteiger partial charge in [-0.15, -0.1) is 0 Å². The van der Waals surface area contributed by atoms with Crippen molar-refractivity contribution in [3.8, 4) is 0 Å². The minimum Gasteiger partial charge on any atom is -0.392 e. The van der Waals surface area contributed by atoms with E-state index in [1.54, 1.807) is 20.8 Å². The molecule has 0 radical (unpaired) electrons. The molecule has 17 heavy (non-hydrogen) atoms. The minimum atomic E-state index is -0.835. The van der Waals surface area contributed by atoms with Crippen LogP contribution in [0.2, 0.25) is 0 Å². The summed E-state index contributed by atoms with van der Waals surface area (Å²) in [6, 6.07) is 0. The second-order valence-corrected chi connectivity index (χ2v) is 6.51. The first-order valence-electron chi connectivity index (χ1n) is 5.58. The lowest BCUT2D eigenvalue weighted by atomic mass is 9.53. The predicted molar refractivity (Wildman–Crippen MR) is 60.1 cm³/mol. The molecule has 94 valence electrons. The number of hydrogen-bond donors (Lipinski definition) is 0. The van der Waals surface area contributed by atoms with Crippen LogP contribution in [-0.2, 0) is 19.1 Å². The first-order chi connectivity index (χ1) is 7.61. The third-order valence-corrected chi connectivity index (χ3v) is 4.44. The van der Waals surface area contributed by atoms with Gasteiger partial charge in [-0.25, -0.2) is 0 Å². The molecule has 1 heterocycles. The highest BCUT2D eigenvalue weighted by Crippen LogP contribution is 2.58. The Bertz CT molecular complexity index is 398. The Balaban J connectivity index is 2.48. The summed E-state index contributed by atoms with van der Waals surface area (Å²) < 4.78 is 4.80. The lowest BCUT2D eigenvalue weighted by Crippen LogP contribution is -2.56.